The summed E-state index contributed by atoms with van der Waals surface area (Å²) >= 11 is 5.46. The van der Waals surface area contributed by atoms with Gasteiger partial charge < -0.3 is 14.6 Å². The summed E-state index contributed by atoms with van der Waals surface area (Å²) in [6.45, 7) is 2.20. The van der Waals surface area contributed by atoms with Gasteiger partial charge in [0.25, 0.3) is 0 Å². The van der Waals surface area contributed by atoms with Crippen molar-refractivity contribution in [2.45, 2.75) is 18.9 Å². The maximum absolute atomic E-state index is 5.46. The van der Waals surface area contributed by atoms with Gasteiger partial charge in [0.2, 0.25) is 5.88 Å². The lowest BCUT2D eigenvalue weighted by Crippen LogP contribution is -2.31. The topological polar surface area (TPSA) is 46.1 Å². The van der Waals surface area contributed by atoms with Gasteiger partial charge in [0, 0.05) is 12.1 Å². The van der Waals surface area contributed by atoms with Gasteiger partial charge in [-0.25, -0.2) is 0 Å². The highest BCUT2D eigenvalue weighted by molar-refractivity contribution is 7.71. The van der Waals surface area contributed by atoms with Crippen LogP contribution >= 0.6 is 12.2 Å². The van der Waals surface area contributed by atoms with Gasteiger partial charge >= 0.3 is 0 Å². The zero-order chi connectivity index (χ0) is 13.4. The first-order valence-corrected chi connectivity index (χ1v) is 6.93. The Kier molecular flexibility index (Phi) is 3.28. The molecule has 0 atom stereocenters. The number of methoxy groups -OCH3 is 1. The van der Waals surface area contributed by atoms with Crippen LogP contribution in [0.1, 0.15) is 18.9 Å². The van der Waals surface area contributed by atoms with Crippen molar-refractivity contribution in [2.24, 2.45) is 0 Å². The molecule has 0 saturated carbocycles. The van der Waals surface area contributed by atoms with Crippen LogP contribution in [-0.4, -0.2) is 46.7 Å². The molecule has 0 spiro atoms. The molecule has 1 fully saturated rings. The normalized spacial score (nSPS) is 18.0. The molecular formula is C13H18N4OS. The molecule has 1 N–H and O–H groups in total. The second kappa shape index (κ2) is 4.94. The summed E-state index contributed by atoms with van der Waals surface area (Å²) in [4.78, 5) is 10.1. The van der Waals surface area contributed by atoms with Crippen molar-refractivity contribution in [3.8, 4) is 5.88 Å². The molecule has 3 rings (SSSR count). The van der Waals surface area contributed by atoms with Gasteiger partial charge in [-0.2, -0.15) is 4.98 Å². The van der Waals surface area contributed by atoms with Gasteiger partial charge in [-0.05, 0) is 51.3 Å². The van der Waals surface area contributed by atoms with Gasteiger partial charge in [0.05, 0.1) is 12.6 Å². The van der Waals surface area contributed by atoms with Gasteiger partial charge in [-0.15, -0.1) is 0 Å². The summed E-state index contributed by atoms with van der Waals surface area (Å²) in [5.74, 6) is 0.628. The molecular weight excluding hydrogens is 260 g/mol. The molecule has 6 heteroatoms. The third-order valence-corrected chi connectivity index (χ3v) is 4.10. The average Bonchev–Trinajstić information content (AvgIpc) is 2.75. The van der Waals surface area contributed by atoms with Crippen LogP contribution < -0.4 is 4.74 Å². The first-order chi connectivity index (χ1) is 9.19. The number of pyridine rings is 1. The van der Waals surface area contributed by atoms with Crippen molar-refractivity contribution in [1.29, 1.82) is 0 Å². The molecule has 2 aromatic heterocycles. The van der Waals surface area contributed by atoms with E-state index in [1.54, 1.807) is 7.11 Å². The number of imidazole rings is 1. The Hall–Kier alpha value is -1.40. The lowest BCUT2D eigenvalue weighted by Gasteiger charge is -2.29. The highest BCUT2D eigenvalue weighted by Gasteiger charge is 2.21. The monoisotopic (exact) mass is 278 g/mol. The first-order valence-electron chi connectivity index (χ1n) is 6.53. The van der Waals surface area contributed by atoms with Crippen molar-refractivity contribution >= 4 is 23.4 Å². The molecule has 0 aliphatic carbocycles. The summed E-state index contributed by atoms with van der Waals surface area (Å²) in [7, 11) is 3.79. The second-order valence-corrected chi connectivity index (χ2v) is 5.45. The van der Waals surface area contributed by atoms with Crippen molar-refractivity contribution in [3.05, 3.63) is 16.9 Å². The van der Waals surface area contributed by atoms with E-state index in [-0.39, 0.29) is 0 Å². The summed E-state index contributed by atoms with van der Waals surface area (Å²) in [6, 6.07) is 4.26. The van der Waals surface area contributed by atoms with Gasteiger partial charge in [-0.3, -0.25) is 4.57 Å². The van der Waals surface area contributed by atoms with Crippen LogP contribution in [0.2, 0.25) is 0 Å². The van der Waals surface area contributed by atoms with E-state index in [0.717, 1.165) is 41.9 Å². The molecule has 5 nitrogen and oxygen atoms in total. The predicted octanol–water partition coefficient (Wildman–Crippen LogP) is 2.37. The number of hydrogen-bond donors (Lipinski definition) is 1. The number of aromatic amines is 1. The number of hydrogen-bond acceptors (Lipinski definition) is 4. The van der Waals surface area contributed by atoms with Crippen LogP contribution in [0.3, 0.4) is 0 Å². The third-order valence-electron chi connectivity index (χ3n) is 3.80. The zero-order valence-electron chi connectivity index (χ0n) is 11.2. The Morgan fingerprint density at radius 1 is 1.37 bits per heavy atom. The Balaban J connectivity index is 2.06. The van der Waals surface area contributed by atoms with Gasteiger partial charge in [-0.1, -0.05) is 0 Å². The van der Waals surface area contributed by atoms with Crippen molar-refractivity contribution < 1.29 is 4.74 Å². The maximum atomic E-state index is 5.46. The zero-order valence-corrected chi connectivity index (χ0v) is 12.0. The number of ether oxygens (including phenoxy) is 1. The Bertz CT molecular complexity index is 640. The van der Waals surface area contributed by atoms with E-state index in [4.69, 9.17) is 17.0 Å². The van der Waals surface area contributed by atoms with Gasteiger partial charge in [0.15, 0.2) is 10.4 Å². The largest absolute Gasteiger partial charge is 0.481 e. The molecule has 0 unspecified atom stereocenters. The molecule has 1 saturated heterocycles. The molecule has 1 aliphatic heterocycles. The number of rotatable bonds is 2. The van der Waals surface area contributed by atoms with E-state index in [2.05, 4.69) is 26.5 Å². The van der Waals surface area contributed by atoms with Crippen LogP contribution in [-0.2, 0) is 0 Å². The van der Waals surface area contributed by atoms with E-state index in [1.807, 2.05) is 12.1 Å². The molecule has 0 radical (unpaired) electrons. The summed E-state index contributed by atoms with van der Waals surface area (Å²) in [5, 5.41) is 0. The van der Waals surface area contributed by atoms with E-state index in [9.17, 15) is 0 Å². The average molecular weight is 278 g/mol. The number of likely N-dealkylation sites (tertiary alicyclic amines) is 1. The molecule has 102 valence electrons. The van der Waals surface area contributed by atoms with E-state index in [1.165, 1.54) is 0 Å². The van der Waals surface area contributed by atoms with E-state index >= 15 is 0 Å². The number of H-pyrrole nitrogens is 1. The Morgan fingerprint density at radius 3 is 2.79 bits per heavy atom. The second-order valence-electron chi connectivity index (χ2n) is 5.06. The van der Waals surface area contributed by atoms with Crippen LogP contribution in [0.5, 0.6) is 5.88 Å². The van der Waals surface area contributed by atoms with E-state index < -0.39 is 0 Å². The van der Waals surface area contributed by atoms with Gasteiger partial charge in [0.1, 0.15) is 0 Å². The minimum atomic E-state index is 0.428. The van der Waals surface area contributed by atoms with Crippen LogP contribution in [0.15, 0.2) is 12.1 Å². The molecule has 19 heavy (non-hydrogen) atoms. The minimum Gasteiger partial charge on any atom is -0.481 e. The minimum absolute atomic E-state index is 0.428. The molecule has 2 aromatic rings. The SMILES string of the molecule is COc1ccc2[nH]c(=S)n(C3CCN(C)CC3)c2n1. The Labute approximate surface area is 117 Å². The number of nitrogens with zero attached hydrogens (tertiary/aromatic N) is 3. The fourth-order valence-corrected chi connectivity index (χ4v) is 3.03. The van der Waals surface area contributed by atoms with Crippen molar-refractivity contribution in [3.63, 3.8) is 0 Å². The maximum Gasteiger partial charge on any atom is 0.215 e. The smallest absolute Gasteiger partial charge is 0.215 e. The highest BCUT2D eigenvalue weighted by Crippen LogP contribution is 2.27. The number of nitrogens with one attached hydrogen (secondary N) is 1. The molecule has 0 bridgehead atoms. The number of fused-ring (bicyclic) bond motifs is 1. The number of piperidine rings is 1. The fourth-order valence-electron chi connectivity index (χ4n) is 2.69. The standard InChI is InChI=1S/C13H18N4OS/c1-16-7-5-9(6-8-16)17-12-10(14-13(17)19)3-4-11(15-12)18-2/h3-4,9H,5-8H2,1-2H3,(H,14,19). The van der Waals surface area contributed by atoms with E-state index in [0.29, 0.717) is 11.9 Å². The van der Waals surface area contributed by atoms with Crippen molar-refractivity contribution in [2.75, 3.05) is 27.2 Å². The van der Waals surface area contributed by atoms with Crippen LogP contribution in [0, 0.1) is 4.77 Å². The summed E-state index contributed by atoms with van der Waals surface area (Å²) in [5.41, 5.74) is 1.88. The lowest BCUT2D eigenvalue weighted by molar-refractivity contribution is 0.222. The fraction of sp³-hybridized carbons (Fsp3) is 0.538. The third kappa shape index (κ3) is 2.26. The van der Waals surface area contributed by atoms with Crippen LogP contribution in [0.25, 0.3) is 11.2 Å². The predicted molar refractivity (Wildman–Crippen MR) is 77.2 cm³/mol. The molecule has 0 amide bonds. The molecule has 1 aliphatic rings. The number of aromatic nitrogens is 3. The molecule has 3 heterocycles. The molecule has 0 aromatic carbocycles. The first kappa shape index (κ1) is 12.6. The Morgan fingerprint density at radius 2 is 2.11 bits per heavy atom. The van der Waals surface area contributed by atoms with Crippen LogP contribution in [0.4, 0.5) is 0 Å². The lowest BCUT2D eigenvalue weighted by atomic mass is 10.1. The quantitative estimate of drug-likeness (QED) is 0.857. The highest BCUT2D eigenvalue weighted by atomic mass is 32.1. The van der Waals surface area contributed by atoms with Crippen molar-refractivity contribution in [1.82, 2.24) is 19.4 Å². The summed E-state index contributed by atoms with van der Waals surface area (Å²) in [6.07, 6.45) is 2.22. The summed E-state index contributed by atoms with van der Waals surface area (Å²) < 4.78 is 8.12.